The van der Waals surface area contributed by atoms with E-state index in [1.165, 1.54) is 6.33 Å². The second-order valence-electron chi connectivity index (χ2n) is 3.06. The summed E-state index contributed by atoms with van der Waals surface area (Å²) < 4.78 is 0. The van der Waals surface area contributed by atoms with Crippen molar-refractivity contribution in [3.63, 3.8) is 0 Å². The summed E-state index contributed by atoms with van der Waals surface area (Å²) in [5.41, 5.74) is 2.42. The van der Waals surface area contributed by atoms with Crippen LogP contribution in [0.15, 0.2) is 12.4 Å². The molecule has 88 valence electrons. The Labute approximate surface area is 93.8 Å². The Morgan fingerprint density at radius 1 is 1.44 bits per heavy atom. The maximum absolute atomic E-state index is 11.1. The van der Waals surface area contributed by atoms with Gasteiger partial charge in [0.15, 0.2) is 0 Å². The van der Waals surface area contributed by atoms with Crippen molar-refractivity contribution >= 4 is 17.5 Å². The van der Waals surface area contributed by atoms with Gasteiger partial charge in [-0.15, -0.1) is 0 Å². The molecule has 0 aliphatic carbocycles. The number of hydrogen-bond donors (Lipinski definition) is 4. The molecule has 1 rings (SSSR count). The van der Waals surface area contributed by atoms with Gasteiger partial charge in [0.1, 0.15) is 18.0 Å². The molecule has 0 saturated carbocycles. The van der Waals surface area contributed by atoms with Crippen molar-refractivity contribution < 1.29 is 4.79 Å². The van der Waals surface area contributed by atoms with E-state index in [0.29, 0.717) is 31.1 Å². The van der Waals surface area contributed by atoms with E-state index in [0.717, 1.165) is 0 Å². The first-order valence-corrected chi connectivity index (χ1v) is 5.05. The van der Waals surface area contributed by atoms with Gasteiger partial charge >= 0.3 is 0 Å². The molecule has 0 fully saturated rings. The van der Waals surface area contributed by atoms with Gasteiger partial charge in [-0.3, -0.25) is 4.79 Å². The Morgan fingerprint density at radius 2 is 2.19 bits per heavy atom. The maximum Gasteiger partial charge on any atom is 0.221 e. The highest BCUT2D eigenvalue weighted by Crippen LogP contribution is 2.06. The van der Waals surface area contributed by atoms with Gasteiger partial charge < -0.3 is 16.1 Å². The number of rotatable bonds is 6. The van der Waals surface area contributed by atoms with Crippen LogP contribution in [-0.4, -0.2) is 29.0 Å². The van der Waals surface area contributed by atoms with Crippen molar-refractivity contribution in [1.29, 1.82) is 0 Å². The Hall–Kier alpha value is -1.89. The number of carbonyl (C=O) groups excluding carboxylic acids is 1. The summed E-state index contributed by atoms with van der Waals surface area (Å²) in [6, 6.07) is 1.66. The molecule has 1 amide bonds. The summed E-state index contributed by atoms with van der Waals surface area (Å²) in [4.78, 5) is 19.0. The molecule has 1 aromatic heterocycles. The quantitative estimate of drug-likeness (QED) is 0.390. The minimum absolute atomic E-state index is 0.0150. The molecule has 0 unspecified atom stereocenters. The van der Waals surface area contributed by atoms with Gasteiger partial charge in [-0.05, 0) is 6.92 Å². The third kappa shape index (κ3) is 4.09. The zero-order valence-electron chi connectivity index (χ0n) is 9.16. The lowest BCUT2D eigenvalue weighted by Gasteiger charge is -2.06. The Morgan fingerprint density at radius 3 is 2.88 bits per heavy atom. The van der Waals surface area contributed by atoms with Crippen LogP contribution in [0.4, 0.5) is 11.6 Å². The largest absolute Gasteiger partial charge is 0.369 e. The van der Waals surface area contributed by atoms with Crippen LogP contribution in [0.3, 0.4) is 0 Å². The molecule has 0 aliphatic rings. The lowest BCUT2D eigenvalue weighted by atomic mass is 10.4. The molecule has 0 saturated heterocycles. The third-order valence-electron chi connectivity index (χ3n) is 1.85. The minimum Gasteiger partial charge on any atom is -0.369 e. The van der Waals surface area contributed by atoms with E-state index in [4.69, 9.17) is 5.84 Å². The molecule has 1 aromatic rings. The molecule has 0 aliphatic heterocycles. The van der Waals surface area contributed by atoms with Gasteiger partial charge in [0.05, 0.1) is 0 Å². The average Bonchev–Trinajstić information content (AvgIpc) is 2.30. The summed E-state index contributed by atoms with van der Waals surface area (Å²) >= 11 is 0. The Kier molecular flexibility index (Phi) is 5.00. The first-order chi connectivity index (χ1) is 7.76. The number of anilines is 2. The highest BCUT2D eigenvalue weighted by molar-refractivity contribution is 5.76. The molecule has 0 spiro atoms. The van der Waals surface area contributed by atoms with E-state index in [1.54, 1.807) is 6.07 Å². The standard InChI is InChI=1S/C9H16N6O/c1-2-11-9(16)3-4-12-7-5-8(15-10)14-6-13-7/h5-6H,2-4,10H2,1H3,(H,11,16)(H2,12,13,14,15). The van der Waals surface area contributed by atoms with Gasteiger partial charge in [0.25, 0.3) is 0 Å². The van der Waals surface area contributed by atoms with E-state index in [9.17, 15) is 4.79 Å². The van der Waals surface area contributed by atoms with Crippen LogP contribution in [0.1, 0.15) is 13.3 Å². The summed E-state index contributed by atoms with van der Waals surface area (Å²) in [5, 5.41) is 5.71. The van der Waals surface area contributed by atoms with Crippen LogP contribution in [0.5, 0.6) is 0 Å². The van der Waals surface area contributed by atoms with Gasteiger partial charge in [-0.25, -0.2) is 15.8 Å². The molecule has 0 bridgehead atoms. The highest BCUT2D eigenvalue weighted by Gasteiger charge is 2.00. The minimum atomic E-state index is 0.0150. The van der Waals surface area contributed by atoms with E-state index in [1.807, 2.05) is 6.92 Å². The van der Waals surface area contributed by atoms with Crippen molar-refractivity contribution in [2.75, 3.05) is 23.8 Å². The van der Waals surface area contributed by atoms with E-state index < -0.39 is 0 Å². The number of aromatic nitrogens is 2. The van der Waals surface area contributed by atoms with Crippen molar-refractivity contribution in [3.8, 4) is 0 Å². The fourth-order valence-corrected chi connectivity index (χ4v) is 1.12. The zero-order chi connectivity index (χ0) is 11.8. The first kappa shape index (κ1) is 12.2. The second-order valence-corrected chi connectivity index (χ2v) is 3.06. The highest BCUT2D eigenvalue weighted by atomic mass is 16.1. The Bertz CT molecular complexity index is 343. The number of nitrogens with zero attached hydrogens (tertiary/aromatic N) is 2. The molecule has 7 heteroatoms. The van der Waals surface area contributed by atoms with Crippen molar-refractivity contribution in [2.45, 2.75) is 13.3 Å². The number of carbonyl (C=O) groups is 1. The summed E-state index contributed by atoms with van der Waals surface area (Å²) in [6.07, 6.45) is 1.80. The van der Waals surface area contributed by atoms with Gasteiger partial charge in [-0.1, -0.05) is 0 Å². The zero-order valence-corrected chi connectivity index (χ0v) is 9.16. The van der Waals surface area contributed by atoms with Crippen molar-refractivity contribution in [1.82, 2.24) is 15.3 Å². The summed E-state index contributed by atoms with van der Waals surface area (Å²) in [7, 11) is 0. The molecule has 7 nitrogen and oxygen atoms in total. The number of nitrogen functional groups attached to an aromatic ring is 1. The smallest absolute Gasteiger partial charge is 0.221 e. The topological polar surface area (TPSA) is 105 Å². The number of amides is 1. The van der Waals surface area contributed by atoms with Crippen LogP contribution in [0.2, 0.25) is 0 Å². The van der Waals surface area contributed by atoms with Crippen LogP contribution in [0.25, 0.3) is 0 Å². The molecule has 0 atom stereocenters. The fraction of sp³-hybridized carbons (Fsp3) is 0.444. The summed E-state index contributed by atoms with van der Waals surface area (Å²) in [6.45, 7) is 3.05. The van der Waals surface area contributed by atoms with Gasteiger partial charge in [0.2, 0.25) is 5.91 Å². The van der Waals surface area contributed by atoms with Crippen molar-refractivity contribution in [2.24, 2.45) is 5.84 Å². The normalized spacial score (nSPS) is 9.62. The van der Waals surface area contributed by atoms with Gasteiger partial charge in [-0.2, -0.15) is 0 Å². The van der Waals surface area contributed by atoms with E-state index in [-0.39, 0.29) is 5.91 Å². The number of hydrazine groups is 1. The summed E-state index contributed by atoms with van der Waals surface area (Å²) in [5.74, 6) is 6.37. The average molecular weight is 224 g/mol. The number of hydrogen-bond acceptors (Lipinski definition) is 6. The second kappa shape index (κ2) is 6.57. The molecular formula is C9H16N6O. The predicted molar refractivity (Wildman–Crippen MR) is 61.6 cm³/mol. The third-order valence-corrected chi connectivity index (χ3v) is 1.85. The SMILES string of the molecule is CCNC(=O)CCNc1cc(NN)ncn1. The monoisotopic (exact) mass is 224 g/mol. The maximum atomic E-state index is 11.1. The fourth-order valence-electron chi connectivity index (χ4n) is 1.12. The van der Waals surface area contributed by atoms with E-state index >= 15 is 0 Å². The molecule has 1 heterocycles. The first-order valence-electron chi connectivity index (χ1n) is 5.05. The molecule has 0 aromatic carbocycles. The predicted octanol–water partition coefficient (Wildman–Crippen LogP) is -0.300. The number of nitrogens with one attached hydrogen (secondary N) is 3. The van der Waals surface area contributed by atoms with Crippen molar-refractivity contribution in [3.05, 3.63) is 12.4 Å². The van der Waals surface area contributed by atoms with Crippen LogP contribution in [-0.2, 0) is 4.79 Å². The van der Waals surface area contributed by atoms with E-state index in [2.05, 4.69) is 26.0 Å². The molecule has 0 radical (unpaired) electrons. The van der Waals surface area contributed by atoms with Gasteiger partial charge in [0, 0.05) is 25.6 Å². The van der Waals surface area contributed by atoms with Crippen LogP contribution >= 0.6 is 0 Å². The molecular weight excluding hydrogens is 208 g/mol. The van der Waals surface area contributed by atoms with Crippen LogP contribution in [0, 0.1) is 0 Å². The molecule has 16 heavy (non-hydrogen) atoms. The molecule has 5 N–H and O–H groups in total. The lowest BCUT2D eigenvalue weighted by molar-refractivity contribution is -0.120. The number of nitrogens with two attached hydrogens (primary N) is 1. The Balaban J connectivity index is 2.34. The lowest BCUT2D eigenvalue weighted by Crippen LogP contribution is -2.24. The van der Waals surface area contributed by atoms with Crippen LogP contribution < -0.4 is 21.9 Å².